The first kappa shape index (κ1) is 32.2. The molecule has 2 rings (SSSR count). The van der Waals surface area contributed by atoms with E-state index in [1.54, 1.807) is 7.11 Å². The Morgan fingerprint density at radius 3 is 1.61 bits per heavy atom. The lowest BCUT2D eigenvalue weighted by Crippen LogP contribution is -2.34. The smallest absolute Gasteiger partial charge is 0.331 e. The van der Waals surface area contributed by atoms with Gasteiger partial charge in [0.15, 0.2) is 0 Å². The minimum Gasteiger partial charge on any atom is -0.398 e. The summed E-state index contributed by atoms with van der Waals surface area (Å²) in [5.41, 5.74) is 2.32. The second kappa shape index (κ2) is 16.6. The Morgan fingerprint density at radius 1 is 0.871 bits per heavy atom. The molecule has 0 amide bonds. The van der Waals surface area contributed by atoms with Gasteiger partial charge in [0.25, 0.3) is 0 Å². The molecule has 178 valence electrons. The Labute approximate surface area is 198 Å². The van der Waals surface area contributed by atoms with Gasteiger partial charge in [-0.05, 0) is 30.6 Å². The molecule has 0 aromatic heterocycles. The Bertz CT molecular complexity index is 655. The standard InChI is InChI=1S/C12H20O2Si.C9H12O.C3H9ClSi.CH4/c1-11(10-14-15(3,4)13-2)12-8-6-5-7-9-12;1-2-9(10)8-6-4-3-5-7-8;1-5(2,3)4;/h5-9,11H,10H2,1-4H3;3-7,9-10H,2H2,1H3;1-3H3;1H4. The van der Waals surface area contributed by atoms with E-state index in [-0.39, 0.29) is 13.5 Å². The minimum atomic E-state index is -1.87. The molecular formula is C25H45ClO3Si2. The average molecular weight is 485 g/mol. The van der Waals surface area contributed by atoms with Crippen molar-refractivity contribution in [1.29, 1.82) is 0 Å². The highest BCUT2D eigenvalue weighted by Gasteiger charge is 2.23. The molecule has 0 aliphatic heterocycles. The zero-order valence-electron chi connectivity index (χ0n) is 20.0. The van der Waals surface area contributed by atoms with Gasteiger partial charge in [-0.2, -0.15) is 11.1 Å². The first-order valence-corrected chi connectivity index (χ1v) is 17.9. The molecular weight excluding hydrogens is 440 g/mol. The molecule has 0 spiro atoms. The van der Waals surface area contributed by atoms with Crippen LogP contribution in [0.2, 0.25) is 32.7 Å². The summed E-state index contributed by atoms with van der Waals surface area (Å²) >= 11 is 5.67. The van der Waals surface area contributed by atoms with Crippen LogP contribution in [-0.4, -0.2) is 34.8 Å². The monoisotopic (exact) mass is 484 g/mol. The van der Waals surface area contributed by atoms with E-state index in [1.165, 1.54) is 5.56 Å². The number of halogens is 1. The highest BCUT2D eigenvalue weighted by atomic mass is 35.6. The third kappa shape index (κ3) is 18.3. The van der Waals surface area contributed by atoms with E-state index in [4.69, 9.17) is 19.9 Å². The molecule has 0 aliphatic rings. The highest BCUT2D eigenvalue weighted by Crippen LogP contribution is 2.17. The molecule has 0 saturated carbocycles. The normalized spacial score (nSPS) is 12.8. The predicted octanol–water partition coefficient (Wildman–Crippen LogP) is 7.98. The van der Waals surface area contributed by atoms with E-state index >= 15 is 0 Å². The molecule has 0 fully saturated rings. The second-order valence-corrected chi connectivity index (χ2v) is 19.7. The summed E-state index contributed by atoms with van der Waals surface area (Å²) in [6.07, 6.45) is 0.491. The Balaban J connectivity index is 0. The molecule has 0 radical (unpaired) electrons. The predicted molar refractivity (Wildman–Crippen MR) is 143 cm³/mol. The van der Waals surface area contributed by atoms with Gasteiger partial charge < -0.3 is 14.0 Å². The van der Waals surface area contributed by atoms with Crippen molar-refractivity contribution in [3.63, 3.8) is 0 Å². The lowest BCUT2D eigenvalue weighted by atomic mass is 10.0. The van der Waals surface area contributed by atoms with Crippen molar-refractivity contribution in [2.45, 2.75) is 72.5 Å². The number of rotatable bonds is 7. The fourth-order valence-electron chi connectivity index (χ4n) is 2.17. The maximum Gasteiger partial charge on any atom is 0.331 e. The molecule has 6 heteroatoms. The molecule has 0 saturated heterocycles. The van der Waals surface area contributed by atoms with Crippen molar-refractivity contribution in [1.82, 2.24) is 0 Å². The van der Waals surface area contributed by atoms with Crippen LogP contribution in [0.25, 0.3) is 0 Å². The molecule has 3 nitrogen and oxygen atoms in total. The summed E-state index contributed by atoms with van der Waals surface area (Å²) in [4.78, 5) is 0. The third-order valence-electron chi connectivity index (χ3n) is 4.11. The van der Waals surface area contributed by atoms with Gasteiger partial charge in [-0.25, -0.2) is 0 Å². The summed E-state index contributed by atoms with van der Waals surface area (Å²) in [5.74, 6) is 0.424. The first-order valence-electron chi connectivity index (χ1n) is 10.6. The van der Waals surface area contributed by atoms with Crippen molar-refractivity contribution in [2.75, 3.05) is 13.7 Å². The lowest BCUT2D eigenvalue weighted by Gasteiger charge is -2.22. The Kier molecular flexibility index (Phi) is 17.3. The van der Waals surface area contributed by atoms with E-state index in [1.807, 2.05) is 43.3 Å². The van der Waals surface area contributed by atoms with Gasteiger partial charge in [0.2, 0.25) is 0 Å². The topological polar surface area (TPSA) is 38.7 Å². The molecule has 0 bridgehead atoms. The molecule has 1 N–H and O–H groups in total. The molecule has 2 aromatic carbocycles. The van der Waals surface area contributed by atoms with Crippen LogP contribution in [0.4, 0.5) is 0 Å². The average Bonchev–Trinajstić information content (AvgIpc) is 2.72. The fourth-order valence-corrected chi connectivity index (χ4v) is 2.94. The van der Waals surface area contributed by atoms with Gasteiger partial charge in [0.1, 0.15) is 7.38 Å². The van der Waals surface area contributed by atoms with Crippen molar-refractivity contribution in [3.8, 4) is 0 Å². The van der Waals surface area contributed by atoms with Crippen molar-refractivity contribution < 1.29 is 14.0 Å². The van der Waals surface area contributed by atoms with Crippen LogP contribution >= 0.6 is 11.1 Å². The number of aliphatic hydroxyl groups excluding tert-OH is 1. The molecule has 2 atom stereocenters. The first-order chi connectivity index (χ1) is 13.9. The van der Waals surface area contributed by atoms with E-state index in [0.29, 0.717) is 5.92 Å². The maximum atomic E-state index is 9.33. The van der Waals surface area contributed by atoms with Gasteiger partial charge in [-0.15, -0.1) is 0 Å². The van der Waals surface area contributed by atoms with E-state index < -0.39 is 15.9 Å². The van der Waals surface area contributed by atoms with Gasteiger partial charge in [0.05, 0.1) is 6.10 Å². The summed E-state index contributed by atoms with van der Waals surface area (Å²) in [6.45, 7) is 15.3. The van der Waals surface area contributed by atoms with Crippen molar-refractivity contribution >= 4 is 27.0 Å². The quantitative estimate of drug-likeness (QED) is 0.319. The van der Waals surface area contributed by atoms with E-state index in [9.17, 15) is 5.11 Å². The van der Waals surface area contributed by atoms with Crippen LogP contribution in [0.5, 0.6) is 0 Å². The Hall–Kier alpha value is -0.956. The molecule has 31 heavy (non-hydrogen) atoms. The number of benzene rings is 2. The molecule has 0 aliphatic carbocycles. The van der Waals surface area contributed by atoms with Crippen molar-refractivity contribution in [3.05, 3.63) is 71.8 Å². The van der Waals surface area contributed by atoms with Crippen LogP contribution in [0, 0.1) is 0 Å². The molecule has 0 heterocycles. The van der Waals surface area contributed by atoms with E-state index in [2.05, 4.69) is 63.9 Å². The molecule has 2 unspecified atom stereocenters. The minimum absolute atomic E-state index is 0. The van der Waals surface area contributed by atoms with Gasteiger partial charge in [0, 0.05) is 19.6 Å². The number of hydrogen-bond donors (Lipinski definition) is 1. The van der Waals surface area contributed by atoms with Crippen molar-refractivity contribution in [2.24, 2.45) is 0 Å². The van der Waals surface area contributed by atoms with E-state index in [0.717, 1.165) is 18.6 Å². The van der Waals surface area contributed by atoms with Crippen LogP contribution in [-0.2, 0) is 8.85 Å². The van der Waals surface area contributed by atoms with Gasteiger partial charge in [-0.3, -0.25) is 0 Å². The van der Waals surface area contributed by atoms with Crippen LogP contribution in [0.1, 0.15) is 50.8 Å². The summed E-state index contributed by atoms with van der Waals surface area (Å²) < 4.78 is 11.2. The van der Waals surface area contributed by atoms with Gasteiger partial charge in [-0.1, -0.05) is 102 Å². The fraction of sp³-hybridized carbons (Fsp3) is 0.520. The SMILES string of the molecule is C.CCC(O)c1ccccc1.CO[Si](C)(C)OCC(C)c1ccccc1.C[Si](C)(C)Cl. The zero-order valence-corrected chi connectivity index (χ0v) is 22.7. The largest absolute Gasteiger partial charge is 0.398 e. The number of hydrogen-bond acceptors (Lipinski definition) is 3. The zero-order chi connectivity index (χ0) is 23.2. The lowest BCUT2D eigenvalue weighted by molar-refractivity contribution is 0.173. The van der Waals surface area contributed by atoms with Crippen LogP contribution in [0.15, 0.2) is 60.7 Å². The maximum absolute atomic E-state index is 9.33. The Morgan fingerprint density at radius 2 is 1.26 bits per heavy atom. The summed E-state index contributed by atoms with van der Waals surface area (Å²) in [7, 11) is -1.29. The van der Waals surface area contributed by atoms with Crippen LogP contribution in [0.3, 0.4) is 0 Å². The van der Waals surface area contributed by atoms with Crippen LogP contribution < -0.4 is 0 Å². The van der Waals surface area contributed by atoms with Gasteiger partial charge >= 0.3 is 8.56 Å². The molecule has 2 aromatic rings. The third-order valence-corrected chi connectivity index (χ3v) is 5.96. The summed E-state index contributed by atoms with van der Waals surface area (Å²) in [6, 6.07) is 20.1. The highest BCUT2D eigenvalue weighted by molar-refractivity contribution is 7.18. The summed E-state index contributed by atoms with van der Waals surface area (Å²) in [5, 5.41) is 9.33. The number of aliphatic hydroxyl groups is 1. The second-order valence-electron chi connectivity index (χ2n) is 8.63.